The zero-order valence-electron chi connectivity index (χ0n) is 8.27. The third-order valence-electron chi connectivity index (χ3n) is 2.32. The Kier molecular flexibility index (Phi) is 2.72. The normalized spacial score (nSPS) is 10.1. The van der Waals surface area contributed by atoms with E-state index in [4.69, 9.17) is 23.5 Å². The predicted octanol–water partition coefficient (Wildman–Crippen LogP) is -0.265. The first-order valence-corrected chi connectivity index (χ1v) is 4.68. The maximum Gasteiger partial charge on any atom is 0.113 e. The van der Waals surface area contributed by atoms with Gasteiger partial charge in [-0.2, -0.15) is 0 Å². The molecule has 6 radical (unpaired) electrons. The molecule has 0 spiro atoms. The maximum atomic E-state index is 5.90. The Bertz CT molecular complexity index is 478. The first-order valence-electron chi connectivity index (χ1n) is 4.68. The van der Waals surface area contributed by atoms with Crippen LogP contribution < -0.4 is 16.4 Å². The molecule has 0 saturated carbocycles. The summed E-state index contributed by atoms with van der Waals surface area (Å²) in [5.74, 6) is 0. The van der Waals surface area contributed by atoms with E-state index in [1.54, 1.807) is 6.07 Å². The Morgan fingerprint density at radius 1 is 0.800 bits per heavy atom. The van der Waals surface area contributed by atoms with Crippen molar-refractivity contribution in [3.05, 3.63) is 42.5 Å². The summed E-state index contributed by atoms with van der Waals surface area (Å²) < 4.78 is 0. The molecule has 0 aliphatic rings. The van der Waals surface area contributed by atoms with Crippen LogP contribution in [0.4, 0.5) is 0 Å². The van der Waals surface area contributed by atoms with Crippen LogP contribution in [0.3, 0.4) is 0 Å². The van der Waals surface area contributed by atoms with Crippen molar-refractivity contribution in [3.8, 4) is 11.1 Å². The fourth-order valence-corrected chi connectivity index (χ4v) is 1.56. The molecule has 2 aromatic carbocycles. The Morgan fingerprint density at radius 2 is 1.47 bits per heavy atom. The van der Waals surface area contributed by atoms with Crippen LogP contribution >= 0.6 is 0 Å². The summed E-state index contributed by atoms with van der Waals surface area (Å²) in [6.07, 6.45) is 0. The van der Waals surface area contributed by atoms with Crippen molar-refractivity contribution < 1.29 is 0 Å². The smallest absolute Gasteiger partial charge is 0.104 e. The molecule has 15 heavy (non-hydrogen) atoms. The minimum Gasteiger partial charge on any atom is -0.104 e. The van der Waals surface area contributed by atoms with E-state index in [1.807, 2.05) is 36.4 Å². The summed E-state index contributed by atoms with van der Waals surface area (Å²) in [7, 11) is 17.4. The molecule has 2 rings (SSSR count). The topological polar surface area (TPSA) is 0 Å². The van der Waals surface area contributed by atoms with Crippen molar-refractivity contribution >= 4 is 39.9 Å². The highest BCUT2D eigenvalue weighted by atomic mass is 14.0. The molecule has 0 amide bonds. The first-order chi connectivity index (χ1) is 7.18. The summed E-state index contributed by atoms with van der Waals surface area (Å²) in [6.45, 7) is 0. The van der Waals surface area contributed by atoms with Crippen molar-refractivity contribution in [1.29, 1.82) is 0 Å². The van der Waals surface area contributed by atoms with E-state index in [1.165, 1.54) is 0 Å². The molecule has 0 N–H and O–H groups in total. The van der Waals surface area contributed by atoms with E-state index in [-0.39, 0.29) is 0 Å². The highest BCUT2D eigenvalue weighted by Gasteiger charge is 2.03. The van der Waals surface area contributed by atoms with Gasteiger partial charge in [0.25, 0.3) is 0 Å². The van der Waals surface area contributed by atoms with Crippen LogP contribution in [0.1, 0.15) is 0 Å². The second-order valence-electron chi connectivity index (χ2n) is 3.44. The van der Waals surface area contributed by atoms with Gasteiger partial charge in [0.05, 0.1) is 0 Å². The van der Waals surface area contributed by atoms with E-state index < -0.39 is 0 Å². The van der Waals surface area contributed by atoms with Gasteiger partial charge in [-0.05, 0) is 11.1 Å². The molecule has 0 aromatic heterocycles. The molecule has 0 aliphatic heterocycles. The SMILES string of the molecule is [B]c1cc([B])c([B])c(-c2ccccc2)c1. The molecule has 0 saturated heterocycles. The lowest BCUT2D eigenvalue weighted by molar-refractivity contribution is 1.67. The zero-order chi connectivity index (χ0) is 10.8. The van der Waals surface area contributed by atoms with Crippen LogP contribution in [0.5, 0.6) is 0 Å². The molecule has 0 nitrogen and oxygen atoms in total. The molecule has 2 aromatic rings. The summed E-state index contributed by atoms with van der Waals surface area (Å²) in [5, 5.41) is 0. The second kappa shape index (κ2) is 4.02. The third kappa shape index (κ3) is 2.01. The van der Waals surface area contributed by atoms with Crippen LogP contribution in [-0.2, 0) is 0 Å². The lowest BCUT2D eigenvalue weighted by atomic mass is 9.73. The molecular weight excluding hydrogens is 177 g/mol. The molecule has 0 atom stereocenters. The molecule has 0 unspecified atom stereocenters. The highest BCUT2D eigenvalue weighted by molar-refractivity contribution is 6.52. The van der Waals surface area contributed by atoms with E-state index >= 15 is 0 Å². The van der Waals surface area contributed by atoms with Gasteiger partial charge >= 0.3 is 0 Å². The largest absolute Gasteiger partial charge is 0.113 e. The van der Waals surface area contributed by atoms with Crippen molar-refractivity contribution in [2.75, 3.05) is 0 Å². The standard InChI is InChI=1S/C12H7B3/c13-9-6-10(12(15)11(14)7-9)8-4-2-1-3-5-8/h1-7H. The second-order valence-corrected chi connectivity index (χ2v) is 3.44. The molecule has 0 aliphatic carbocycles. The Morgan fingerprint density at radius 3 is 2.13 bits per heavy atom. The summed E-state index contributed by atoms with van der Waals surface area (Å²) >= 11 is 0. The maximum absolute atomic E-state index is 5.90. The Labute approximate surface area is 93.9 Å². The van der Waals surface area contributed by atoms with Gasteiger partial charge in [0.1, 0.15) is 23.5 Å². The van der Waals surface area contributed by atoms with Gasteiger partial charge in [-0.1, -0.05) is 53.4 Å². The van der Waals surface area contributed by atoms with Crippen molar-refractivity contribution in [2.45, 2.75) is 0 Å². The van der Waals surface area contributed by atoms with Gasteiger partial charge in [0.2, 0.25) is 0 Å². The summed E-state index contributed by atoms with van der Waals surface area (Å²) in [4.78, 5) is 0. The quantitative estimate of drug-likeness (QED) is 0.535. The van der Waals surface area contributed by atoms with Crippen molar-refractivity contribution in [3.63, 3.8) is 0 Å². The van der Waals surface area contributed by atoms with Gasteiger partial charge in [-0.3, -0.25) is 0 Å². The van der Waals surface area contributed by atoms with Gasteiger partial charge in [0, 0.05) is 0 Å². The minimum absolute atomic E-state index is 0.522. The Hall–Kier alpha value is -1.37. The van der Waals surface area contributed by atoms with Gasteiger partial charge < -0.3 is 0 Å². The van der Waals surface area contributed by atoms with Crippen LogP contribution in [-0.4, -0.2) is 23.5 Å². The average Bonchev–Trinajstić information content (AvgIpc) is 2.24. The van der Waals surface area contributed by atoms with Crippen LogP contribution in [0.25, 0.3) is 11.1 Å². The molecule has 0 bridgehead atoms. The zero-order valence-corrected chi connectivity index (χ0v) is 8.27. The van der Waals surface area contributed by atoms with E-state index in [2.05, 4.69) is 0 Å². The monoisotopic (exact) mass is 184 g/mol. The molecule has 0 heterocycles. The fraction of sp³-hybridized carbons (Fsp3) is 0. The van der Waals surface area contributed by atoms with Crippen LogP contribution in [0, 0.1) is 0 Å². The number of hydrogen-bond acceptors (Lipinski definition) is 0. The molecule has 0 fully saturated rings. The van der Waals surface area contributed by atoms with E-state index in [9.17, 15) is 0 Å². The molecule has 64 valence electrons. The van der Waals surface area contributed by atoms with E-state index in [0.717, 1.165) is 11.1 Å². The van der Waals surface area contributed by atoms with Crippen LogP contribution in [0.2, 0.25) is 0 Å². The number of rotatable bonds is 1. The highest BCUT2D eigenvalue weighted by Crippen LogP contribution is 2.13. The predicted molar refractivity (Wildman–Crippen MR) is 68.0 cm³/mol. The fourth-order valence-electron chi connectivity index (χ4n) is 1.56. The lowest BCUT2D eigenvalue weighted by Gasteiger charge is -2.11. The number of benzene rings is 2. The lowest BCUT2D eigenvalue weighted by Crippen LogP contribution is -2.31. The van der Waals surface area contributed by atoms with Gasteiger partial charge in [-0.15, -0.1) is 5.46 Å². The molecular formula is C12H7B3. The van der Waals surface area contributed by atoms with Crippen molar-refractivity contribution in [1.82, 2.24) is 0 Å². The average molecular weight is 184 g/mol. The number of hydrogen-bond donors (Lipinski definition) is 0. The van der Waals surface area contributed by atoms with Gasteiger partial charge in [0.15, 0.2) is 0 Å². The molecule has 3 heteroatoms. The third-order valence-corrected chi connectivity index (χ3v) is 2.32. The minimum atomic E-state index is 0.522. The summed E-state index contributed by atoms with van der Waals surface area (Å²) in [6, 6.07) is 13.3. The Balaban J connectivity index is 2.63. The van der Waals surface area contributed by atoms with Crippen molar-refractivity contribution in [2.24, 2.45) is 0 Å². The summed E-state index contributed by atoms with van der Waals surface area (Å²) in [5.41, 5.74) is 3.63. The first kappa shape index (κ1) is 10.2. The van der Waals surface area contributed by atoms with E-state index in [0.29, 0.717) is 16.4 Å². The van der Waals surface area contributed by atoms with Gasteiger partial charge in [-0.25, -0.2) is 0 Å². The van der Waals surface area contributed by atoms with Crippen LogP contribution in [0.15, 0.2) is 42.5 Å².